The molecule has 0 aromatic carbocycles. The van der Waals surface area contributed by atoms with Gasteiger partial charge in [0.25, 0.3) is 0 Å². The van der Waals surface area contributed by atoms with E-state index in [4.69, 9.17) is 0 Å². The van der Waals surface area contributed by atoms with Crippen molar-refractivity contribution in [3.8, 4) is 11.4 Å². The molecule has 0 aliphatic heterocycles. The lowest BCUT2D eigenvalue weighted by Crippen LogP contribution is -2.32. The van der Waals surface area contributed by atoms with Crippen LogP contribution in [0.4, 0.5) is 0 Å². The van der Waals surface area contributed by atoms with Gasteiger partial charge in [-0.2, -0.15) is 0 Å². The number of aromatic nitrogens is 4. The molecule has 108 valence electrons. The van der Waals surface area contributed by atoms with E-state index in [1.807, 2.05) is 13.0 Å². The zero-order chi connectivity index (χ0) is 14.9. The van der Waals surface area contributed by atoms with Crippen LogP contribution in [-0.4, -0.2) is 31.3 Å². The lowest BCUT2D eigenvalue weighted by molar-refractivity contribution is -0.149. The summed E-state index contributed by atoms with van der Waals surface area (Å²) >= 11 is 8.38. The molecule has 0 amide bonds. The average molecular weight is 424 g/mol. The van der Waals surface area contributed by atoms with Crippen LogP contribution in [0.2, 0.25) is 0 Å². The third-order valence-corrected chi connectivity index (χ3v) is 5.56. The quantitative estimate of drug-likeness (QED) is 0.796. The van der Waals surface area contributed by atoms with Gasteiger partial charge in [0, 0.05) is 5.56 Å². The second kappa shape index (κ2) is 5.90. The third-order valence-electron chi connectivity index (χ3n) is 3.22. The number of carboxylic acid groups (broad SMARTS) is 1. The summed E-state index contributed by atoms with van der Waals surface area (Å²) in [5, 5.41) is 20.9. The van der Waals surface area contributed by atoms with Crippen LogP contribution in [0.3, 0.4) is 0 Å². The van der Waals surface area contributed by atoms with Crippen molar-refractivity contribution in [2.24, 2.45) is 5.41 Å². The van der Waals surface area contributed by atoms with Crippen LogP contribution >= 0.6 is 43.2 Å². The summed E-state index contributed by atoms with van der Waals surface area (Å²) in [6.07, 6.45) is 0.496. The summed E-state index contributed by atoms with van der Waals surface area (Å²) in [7, 11) is 0. The van der Waals surface area contributed by atoms with E-state index in [2.05, 4.69) is 47.4 Å². The van der Waals surface area contributed by atoms with Crippen molar-refractivity contribution in [1.29, 1.82) is 0 Å². The molecule has 0 aliphatic carbocycles. The summed E-state index contributed by atoms with van der Waals surface area (Å²) in [4.78, 5) is 11.4. The van der Waals surface area contributed by atoms with Gasteiger partial charge in [-0.25, -0.2) is 4.68 Å². The molecule has 6 nitrogen and oxygen atoms in total. The fourth-order valence-electron chi connectivity index (χ4n) is 1.66. The van der Waals surface area contributed by atoms with E-state index < -0.39 is 11.4 Å². The Morgan fingerprint density at radius 1 is 1.55 bits per heavy atom. The van der Waals surface area contributed by atoms with E-state index in [0.717, 1.165) is 13.1 Å². The number of aliphatic carboxylic acids is 1. The lowest BCUT2D eigenvalue weighted by Gasteiger charge is -2.22. The number of nitrogens with zero attached hydrogens (tertiary/aromatic N) is 4. The number of tetrazole rings is 1. The first-order valence-corrected chi connectivity index (χ1v) is 8.22. The van der Waals surface area contributed by atoms with Crippen molar-refractivity contribution < 1.29 is 9.90 Å². The predicted octanol–water partition coefficient (Wildman–Crippen LogP) is 3.43. The van der Waals surface area contributed by atoms with Crippen molar-refractivity contribution in [3.63, 3.8) is 0 Å². The molecule has 0 spiro atoms. The molecule has 1 unspecified atom stereocenters. The van der Waals surface area contributed by atoms with Gasteiger partial charge in [-0.3, -0.25) is 4.79 Å². The summed E-state index contributed by atoms with van der Waals surface area (Å²) in [6, 6.07) is 1.90. The third kappa shape index (κ3) is 2.94. The molecule has 1 N–H and O–H groups in total. The maximum absolute atomic E-state index is 11.4. The van der Waals surface area contributed by atoms with Gasteiger partial charge in [-0.05, 0) is 61.7 Å². The van der Waals surface area contributed by atoms with E-state index in [9.17, 15) is 9.90 Å². The molecule has 0 saturated carbocycles. The Balaban J connectivity index is 2.39. The van der Waals surface area contributed by atoms with E-state index >= 15 is 0 Å². The van der Waals surface area contributed by atoms with Crippen LogP contribution in [-0.2, 0) is 11.3 Å². The average Bonchev–Trinajstić information content (AvgIpc) is 2.95. The van der Waals surface area contributed by atoms with Gasteiger partial charge < -0.3 is 5.11 Å². The van der Waals surface area contributed by atoms with Gasteiger partial charge in [0.1, 0.15) is 0 Å². The minimum Gasteiger partial charge on any atom is -0.481 e. The van der Waals surface area contributed by atoms with Crippen LogP contribution in [0.15, 0.2) is 13.6 Å². The minimum atomic E-state index is -0.899. The number of hydrogen-bond donors (Lipinski definition) is 1. The number of thiophene rings is 1. The number of carboxylic acids is 1. The van der Waals surface area contributed by atoms with Gasteiger partial charge in [0.2, 0.25) is 0 Å². The fourth-order valence-corrected chi connectivity index (χ4v) is 4.45. The maximum atomic E-state index is 11.4. The summed E-state index contributed by atoms with van der Waals surface area (Å²) in [6.45, 7) is 3.76. The van der Waals surface area contributed by atoms with Crippen LogP contribution in [0.1, 0.15) is 20.3 Å². The smallest absolute Gasteiger partial charge is 0.311 e. The maximum Gasteiger partial charge on any atom is 0.311 e. The predicted molar refractivity (Wildman–Crippen MR) is 82.6 cm³/mol. The van der Waals surface area contributed by atoms with Crippen molar-refractivity contribution in [3.05, 3.63) is 13.6 Å². The molecule has 2 heterocycles. The van der Waals surface area contributed by atoms with E-state index in [1.54, 1.807) is 6.92 Å². The molecule has 0 saturated heterocycles. The van der Waals surface area contributed by atoms with E-state index in [0.29, 0.717) is 12.2 Å². The van der Waals surface area contributed by atoms with Crippen molar-refractivity contribution in [2.75, 3.05) is 0 Å². The normalized spacial score (nSPS) is 14.2. The number of rotatable bonds is 5. The van der Waals surface area contributed by atoms with Crippen LogP contribution in [0.5, 0.6) is 0 Å². The number of carbonyl (C=O) groups is 1. The van der Waals surface area contributed by atoms with Crippen LogP contribution < -0.4 is 0 Å². The molecule has 0 fully saturated rings. The minimum absolute atomic E-state index is 0.223. The Hall–Kier alpha value is -0.800. The Labute approximate surface area is 136 Å². The van der Waals surface area contributed by atoms with Crippen molar-refractivity contribution in [2.45, 2.75) is 26.8 Å². The SMILES string of the molecule is CCC(C)(Cn1nnnc1-c1cc(Br)sc1Br)C(=O)O. The first-order chi connectivity index (χ1) is 9.37. The molecule has 0 aliphatic rings. The van der Waals surface area contributed by atoms with E-state index in [1.165, 1.54) is 16.0 Å². The van der Waals surface area contributed by atoms with Gasteiger partial charge >= 0.3 is 5.97 Å². The molecule has 0 radical (unpaired) electrons. The Bertz CT molecular complexity index is 642. The van der Waals surface area contributed by atoms with Gasteiger partial charge in [0.05, 0.1) is 19.5 Å². The van der Waals surface area contributed by atoms with E-state index in [-0.39, 0.29) is 6.54 Å². The highest BCUT2D eigenvalue weighted by Gasteiger charge is 2.33. The number of halogens is 2. The molecule has 2 aromatic heterocycles. The van der Waals surface area contributed by atoms with Crippen molar-refractivity contribution in [1.82, 2.24) is 20.2 Å². The molecular weight excluding hydrogens is 412 g/mol. The summed E-state index contributed by atoms with van der Waals surface area (Å²) in [5.74, 6) is -0.299. The standard InChI is InChI=1S/C11H12Br2N4O2S/c1-3-11(2,10(18)19)5-17-9(14-15-16-17)6-4-7(12)20-8(6)13/h4H,3,5H2,1-2H3,(H,18,19). The molecular formula is C11H12Br2N4O2S. The zero-order valence-electron chi connectivity index (χ0n) is 10.8. The van der Waals surface area contributed by atoms with Crippen LogP contribution in [0.25, 0.3) is 11.4 Å². The largest absolute Gasteiger partial charge is 0.481 e. The Morgan fingerprint density at radius 3 is 2.75 bits per heavy atom. The lowest BCUT2D eigenvalue weighted by atomic mass is 9.88. The first kappa shape index (κ1) is 15.6. The highest BCUT2D eigenvalue weighted by atomic mass is 79.9. The summed E-state index contributed by atoms with van der Waals surface area (Å²) in [5.41, 5.74) is -0.0557. The molecule has 20 heavy (non-hydrogen) atoms. The first-order valence-electron chi connectivity index (χ1n) is 5.82. The molecule has 9 heteroatoms. The Morgan fingerprint density at radius 2 is 2.25 bits per heavy atom. The molecule has 2 rings (SSSR count). The van der Waals surface area contributed by atoms with Crippen molar-refractivity contribution >= 4 is 49.2 Å². The highest BCUT2D eigenvalue weighted by molar-refractivity contribution is 9.12. The topological polar surface area (TPSA) is 80.9 Å². The second-order valence-corrected chi connectivity index (χ2v) is 8.37. The fraction of sp³-hybridized carbons (Fsp3) is 0.455. The zero-order valence-corrected chi connectivity index (χ0v) is 14.8. The monoisotopic (exact) mass is 422 g/mol. The summed E-state index contributed by atoms with van der Waals surface area (Å²) < 4.78 is 3.39. The van der Waals surface area contributed by atoms with Gasteiger partial charge in [0.15, 0.2) is 5.82 Å². The molecule has 0 bridgehead atoms. The van der Waals surface area contributed by atoms with Gasteiger partial charge in [-0.15, -0.1) is 16.4 Å². The van der Waals surface area contributed by atoms with Gasteiger partial charge in [-0.1, -0.05) is 6.92 Å². The molecule has 1 atom stereocenters. The second-order valence-electron chi connectivity index (χ2n) is 4.62. The number of hydrogen-bond acceptors (Lipinski definition) is 5. The molecule has 2 aromatic rings. The van der Waals surface area contributed by atoms with Crippen LogP contribution in [0, 0.1) is 5.41 Å². The highest BCUT2D eigenvalue weighted by Crippen LogP contribution is 2.38. The Kier molecular flexibility index (Phi) is 4.60.